The number of amides is 3. The van der Waals surface area contributed by atoms with Crippen molar-refractivity contribution in [2.24, 2.45) is 0 Å². The van der Waals surface area contributed by atoms with Gasteiger partial charge in [-0.2, -0.15) is 4.98 Å². The molecule has 4 rings (SSSR count). The molecule has 2 aliphatic heterocycles. The van der Waals surface area contributed by atoms with Crippen LogP contribution in [0, 0.1) is 0 Å². The van der Waals surface area contributed by atoms with Crippen LogP contribution in [-0.4, -0.2) is 107 Å². The van der Waals surface area contributed by atoms with Gasteiger partial charge in [0.25, 0.3) is 0 Å². The van der Waals surface area contributed by atoms with Crippen LogP contribution in [0.25, 0.3) is 0 Å². The van der Waals surface area contributed by atoms with E-state index in [0.29, 0.717) is 50.3 Å². The van der Waals surface area contributed by atoms with E-state index in [4.69, 9.17) is 9.47 Å². The molecule has 2 fully saturated rings. The van der Waals surface area contributed by atoms with E-state index in [9.17, 15) is 14.0 Å². The highest BCUT2D eigenvalue weighted by Gasteiger charge is 2.30. The predicted molar refractivity (Wildman–Crippen MR) is 137 cm³/mol. The van der Waals surface area contributed by atoms with E-state index in [2.05, 4.69) is 30.6 Å². The van der Waals surface area contributed by atoms with Gasteiger partial charge < -0.3 is 29.5 Å². The maximum absolute atomic E-state index is 14.2. The number of nitrogens with zero attached hydrogens (tertiary/aromatic N) is 7. The van der Waals surface area contributed by atoms with Gasteiger partial charge in [0.1, 0.15) is 6.17 Å². The number of carbonyl (C=O) groups is 2. The molecule has 206 valence electrons. The van der Waals surface area contributed by atoms with E-state index < -0.39 is 18.3 Å². The Balaban J connectivity index is 1.31. The summed E-state index contributed by atoms with van der Waals surface area (Å²) in [5.74, 6) is 1.16. The number of piperidine rings is 2. The van der Waals surface area contributed by atoms with Crippen LogP contribution >= 0.6 is 0 Å². The number of likely N-dealkylation sites (tertiary alicyclic amines) is 1. The number of carbonyl (C=O) groups excluding carboxylic acids is 2. The van der Waals surface area contributed by atoms with Crippen molar-refractivity contribution in [3.63, 3.8) is 0 Å². The molecule has 0 saturated carbocycles. The maximum Gasteiger partial charge on any atom is 0.414 e. The van der Waals surface area contributed by atoms with Crippen LogP contribution in [0.4, 0.5) is 25.7 Å². The van der Waals surface area contributed by atoms with Crippen LogP contribution in [-0.2, 0) is 0 Å². The first-order chi connectivity index (χ1) is 18.3. The van der Waals surface area contributed by atoms with Gasteiger partial charge in [0.2, 0.25) is 17.7 Å². The molecular weight excluding hydrogens is 497 g/mol. The standard InChI is InChI=1S/C24H34FN9O4/c1-4-37-21-13-27-19(12-28-21)30-23(35)33(3)16-6-5-10-34(14-16)22-26-9-7-20(31-22)38-24(36)29-18-8-11-32(2)15-17(18)25/h7,9,12-13,16-18H,4-6,8,10-11,14-15H2,1-3H3,(H,29,36)(H,27,30,35)/t16-,17-,18-/m1/s1. The molecule has 3 atom stereocenters. The molecule has 0 bridgehead atoms. The Morgan fingerprint density at radius 3 is 2.74 bits per heavy atom. The van der Waals surface area contributed by atoms with Gasteiger partial charge in [-0.25, -0.2) is 28.9 Å². The molecule has 2 aliphatic rings. The number of urea groups is 1. The SMILES string of the molecule is CCOc1cnc(NC(=O)N(C)[C@@H]2CCCN(c3nccc(OC(=O)N[C@@H]4CCN(C)C[C@H]4F)n3)C2)cn1. The molecule has 0 unspecified atom stereocenters. The van der Waals surface area contributed by atoms with Crippen molar-refractivity contribution in [3.05, 3.63) is 24.7 Å². The highest BCUT2D eigenvalue weighted by atomic mass is 19.1. The van der Waals surface area contributed by atoms with E-state index in [-0.39, 0.29) is 24.5 Å². The van der Waals surface area contributed by atoms with Crippen molar-refractivity contribution in [1.29, 1.82) is 0 Å². The van der Waals surface area contributed by atoms with E-state index in [0.717, 1.165) is 12.8 Å². The summed E-state index contributed by atoms with van der Waals surface area (Å²) in [7, 11) is 3.56. The highest BCUT2D eigenvalue weighted by molar-refractivity contribution is 5.88. The summed E-state index contributed by atoms with van der Waals surface area (Å²) < 4.78 is 24.8. The van der Waals surface area contributed by atoms with Gasteiger partial charge in [-0.1, -0.05) is 0 Å². The number of halogens is 1. The number of hydrogen-bond acceptors (Lipinski definition) is 10. The zero-order valence-electron chi connectivity index (χ0n) is 21.8. The van der Waals surface area contributed by atoms with Gasteiger partial charge in [0.05, 0.1) is 31.1 Å². The summed E-state index contributed by atoms with van der Waals surface area (Å²) in [6.45, 7) is 4.46. The first-order valence-corrected chi connectivity index (χ1v) is 12.7. The third-order valence-electron chi connectivity index (χ3n) is 6.57. The molecule has 38 heavy (non-hydrogen) atoms. The molecule has 4 heterocycles. The molecule has 0 aliphatic carbocycles. The minimum absolute atomic E-state index is 0.0677. The average Bonchev–Trinajstić information content (AvgIpc) is 2.91. The lowest BCUT2D eigenvalue weighted by atomic mass is 10.0. The minimum Gasteiger partial charge on any atom is -0.477 e. The van der Waals surface area contributed by atoms with Gasteiger partial charge in [0.15, 0.2) is 5.82 Å². The summed E-state index contributed by atoms with van der Waals surface area (Å²) >= 11 is 0. The van der Waals surface area contributed by atoms with E-state index in [1.165, 1.54) is 24.7 Å². The number of rotatable bonds is 7. The second-order valence-corrected chi connectivity index (χ2v) is 9.36. The molecule has 2 saturated heterocycles. The highest BCUT2D eigenvalue weighted by Crippen LogP contribution is 2.22. The lowest BCUT2D eigenvalue weighted by molar-refractivity contribution is 0.117. The van der Waals surface area contributed by atoms with Gasteiger partial charge in [0, 0.05) is 45.5 Å². The number of aromatic nitrogens is 4. The topological polar surface area (TPSA) is 138 Å². The lowest BCUT2D eigenvalue weighted by Gasteiger charge is -2.37. The van der Waals surface area contributed by atoms with Crippen molar-refractivity contribution in [1.82, 2.24) is 35.1 Å². The third-order valence-corrected chi connectivity index (χ3v) is 6.57. The van der Waals surface area contributed by atoms with Crippen molar-refractivity contribution in [2.45, 2.75) is 44.4 Å². The first kappa shape index (κ1) is 27.2. The Morgan fingerprint density at radius 1 is 1.16 bits per heavy atom. The molecule has 2 aromatic rings. The van der Waals surface area contributed by atoms with Crippen molar-refractivity contribution in [3.8, 4) is 11.8 Å². The van der Waals surface area contributed by atoms with E-state index in [1.54, 1.807) is 11.9 Å². The Kier molecular flexibility index (Phi) is 9.05. The van der Waals surface area contributed by atoms with Gasteiger partial charge >= 0.3 is 12.1 Å². The molecule has 0 aromatic carbocycles. The molecule has 0 spiro atoms. The van der Waals surface area contributed by atoms with Gasteiger partial charge in [-0.3, -0.25) is 5.32 Å². The van der Waals surface area contributed by atoms with E-state index in [1.807, 2.05) is 23.8 Å². The molecule has 3 amide bonds. The molecule has 13 nitrogen and oxygen atoms in total. The zero-order chi connectivity index (χ0) is 27.1. The van der Waals surface area contributed by atoms with Crippen LogP contribution in [0.2, 0.25) is 0 Å². The van der Waals surface area contributed by atoms with Crippen LogP contribution in [0.3, 0.4) is 0 Å². The van der Waals surface area contributed by atoms with E-state index >= 15 is 0 Å². The Hall–Kier alpha value is -3.81. The van der Waals surface area contributed by atoms with Crippen molar-refractivity contribution < 1.29 is 23.5 Å². The minimum atomic E-state index is -1.16. The second kappa shape index (κ2) is 12.6. The van der Waals surface area contributed by atoms with Crippen LogP contribution in [0.5, 0.6) is 11.8 Å². The average molecular weight is 532 g/mol. The molecule has 0 radical (unpaired) electrons. The fourth-order valence-corrected chi connectivity index (χ4v) is 4.46. The number of hydrogen-bond donors (Lipinski definition) is 2. The second-order valence-electron chi connectivity index (χ2n) is 9.36. The largest absolute Gasteiger partial charge is 0.477 e. The fraction of sp³-hybridized carbons (Fsp3) is 0.583. The Labute approximate surface area is 220 Å². The Morgan fingerprint density at radius 2 is 2.00 bits per heavy atom. The summed E-state index contributed by atoms with van der Waals surface area (Å²) in [6.07, 6.45) is 4.60. The predicted octanol–water partition coefficient (Wildman–Crippen LogP) is 1.93. The van der Waals surface area contributed by atoms with Crippen molar-refractivity contribution >= 4 is 23.9 Å². The van der Waals surface area contributed by atoms with Crippen molar-refractivity contribution in [2.75, 3.05) is 57.1 Å². The molecule has 2 N–H and O–H groups in total. The number of ether oxygens (including phenoxy) is 2. The monoisotopic (exact) mass is 531 g/mol. The van der Waals surface area contributed by atoms with Crippen LogP contribution < -0.4 is 25.0 Å². The summed E-state index contributed by atoms with van der Waals surface area (Å²) in [5, 5.41) is 5.34. The Bertz CT molecular complexity index is 1090. The summed E-state index contributed by atoms with van der Waals surface area (Å²) in [6, 6.07) is 0.453. The lowest BCUT2D eigenvalue weighted by Crippen LogP contribution is -2.52. The fourth-order valence-electron chi connectivity index (χ4n) is 4.46. The summed E-state index contributed by atoms with van der Waals surface area (Å²) in [4.78, 5) is 47.6. The quantitative estimate of drug-likeness (QED) is 0.545. The van der Waals surface area contributed by atoms with Crippen LogP contribution in [0.15, 0.2) is 24.7 Å². The summed E-state index contributed by atoms with van der Waals surface area (Å²) in [5.41, 5.74) is 0. The number of nitrogens with one attached hydrogen (secondary N) is 2. The van der Waals surface area contributed by atoms with Gasteiger partial charge in [-0.15, -0.1) is 0 Å². The smallest absolute Gasteiger partial charge is 0.414 e. The molecule has 14 heteroatoms. The van der Waals surface area contributed by atoms with Gasteiger partial charge in [-0.05, 0) is 33.2 Å². The molecule has 2 aromatic heterocycles. The number of likely N-dealkylation sites (N-methyl/N-ethyl adjacent to an activating group) is 1. The molecular formula is C24H34FN9O4. The maximum atomic E-state index is 14.2. The third kappa shape index (κ3) is 7.15. The zero-order valence-corrected chi connectivity index (χ0v) is 21.8. The first-order valence-electron chi connectivity index (χ1n) is 12.7. The van der Waals surface area contributed by atoms with Crippen LogP contribution in [0.1, 0.15) is 26.2 Å². The number of anilines is 2. The normalized spacial score (nSPS) is 21.9. The number of alkyl halides is 1.